The fourth-order valence-corrected chi connectivity index (χ4v) is 2.45. The molecule has 4 heteroatoms. The molecule has 0 aliphatic heterocycles. The molecule has 0 atom stereocenters. The van der Waals surface area contributed by atoms with Gasteiger partial charge in [0.1, 0.15) is 0 Å². The van der Waals surface area contributed by atoms with Crippen molar-refractivity contribution in [3.05, 3.63) is 51.5 Å². The number of hydrogen-bond acceptors (Lipinski definition) is 4. The second kappa shape index (κ2) is 6.29. The van der Waals surface area contributed by atoms with Gasteiger partial charge in [0.25, 0.3) is 0 Å². The quantitative estimate of drug-likeness (QED) is 0.896. The summed E-state index contributed by atoms with van der Waals surface area (Å²) in [6, 6.07) is 9.77. The molecule has 92 valence electrons. The molecule has 3 nitrogen and oxygen atoms in total. The molecule has 2 aromatic rings. The van der Waals surface area contributed by atoms with Crippen LogP contribution in [0, 0.1) is 11.3 Å². The summed E-state index contributed by atoms with van der Waals surface area (Å²) in [4.78, 5) is 5.59. The minimum Gasteiger partial charge on any atom is -0.308 e. The molecule has 0 saturated carbocycles. The largest absolute Gasteiger partial charge is 0.308 e. The van der Waals surface area contributed by atoms with Gasteiger partial charge in [0.05, 0.1) is 16.6 Å². The van der Waals surface area contributed by atoms with Gasteiger partial charge >= 0.3 is 0 Å². The van der Waals surface area contributed by atoms with Crippen LogP contribution in [0.15, 0.2) is 30.5 Å². The van der Waals surface area contributed by atoms with E-state index in [0.717, 1.165) is 19.5 Å². The van der Waals surface area contributed by atoms with Crippen molar-refractivity contribution in [3.63, 3.8) is 0 Å². The fraction of sp³-hybridized carbons (Fsp3) is 0.286. The second-order valence-electron chi connectivity index (χ2n) is 3.99. The Bertz CT molecular complexity index is 537. The molecule has 2 rings (SSSR count). The van der Waals surface area contributed by atoms with Crippen LogP contribution >= 0.6 is 11.3 Å². The van der Waals surface area contributed by atoms with Crippen molar-refractivity contribution in [2.45, 2.75) is 26.4 Å². The van der Waals surface area contributed by atoms with E-state index in [1.165, 1.54) is 15.4 Å². The molecule has 18 heavy (non-hydrogen) atoms. The summed E-state index contributed by atoms with van der Waals surface area (Å²) in [6.07, 6.45) is 2.94. The van der Waals surface area contributed by atoms with E-state index in [1.54, 1.807) is 11.3 Å². The molecule has 1 heterocycles. The predicted octanol–water partition coefficient (Wildman–Crippen LogP) is 2.87. The summed E-state index contributed by atoms with van der Waals surface area (Å²) >= 11 is 1.76. The number of nitrogens with one attached hydrogen (secondary N) is 1. The van der Waals surface area contributed by atoms with Gasteiger partial charge in [0, 0.05) is 24.2 Å². The van der Waals surface area contributed by atoms with Gasteiger partial charge in [0.2, 0.25) is 0 Å². The zero-order chi connectivity index (χ0) is 12.8. The Morgan fingerprint density at radius 1 is 1.28 bits per heavy atom. The molecule has 1 N–H and O–H groups in total. The first-order valence-electron chi connectivity index (χ1n) is 5.95. The van der Waals surface area contributed by atoms with Crippen LogP contribution in [0.2, 0.25) is 0 Å². The van der Waals surface area contributed by atoms with Gasteiger partial charge in [-0.1, -0.05) is 19.1 Å². The molecule has 0 radical (unpaired) electrons. The Balaban J connectivity index is 1.82. The normalized spacial score (nSPS) is 10.2. The third-order valence-corrected chi connectivity index (χ3v) is 3.76. The van der Waals surface area contributed by atoms with Gasteiger partial charge in [-0.15, -0.1) is 11.3 Å². The average molecular weight is 257 g/mol. The number of hydrogen-bond donors (Lipinski definition) is 1. The predicted molar refractivity (Wildman–Crippen MR) is 73.2 cm³/mol. The Kier molecular flexibility index (Phi) is 4.46. The first-order chi connectivity index (χ1) is 8.81. The van der Waals surface area contributed by atoms with E-state index in [1.807, 2.05) is 30.5 Å². The van der Waals surface area contributed by atoms with Gasteiger partial charge in [0.15, 0.2) is 0 Å². The minimum absolute atomic E-state index is 0.703. The molecule has 0 bridgehead atoms. The molecular weight excluding hydrogens is 242 g/mol. The maximum absolute atomic E-state index is 8.71. The van der Waals surface area contributed by atoms with E-state index in [2.05, 4.69) is 23.3 Å². The molecule has 0 aliphatic rings. The summed E-state index contributed by atoms with van der Waals surface area (Å²) in [5.74, 6) is 0. The molecule has 1 aromatic heterocycles. The van der Waals surface area contributed by atoms with Crippen molar-refractivity contribution < 1.29 is 0 Å². The van der Waals surface area contributed by atoms with Gasteiger partial charge in [-0.3, -0.25) is 0 Å². The molecule has 1 aromatic carbocycles. The van der Waals surface area contributed by atoms with Gasteiger partial charge < -0.3 is 5.32 Å². The number of nitrogens with zero attached hydrogens (tertiary/aromatic N) is 2. The topological polar surface area (TPSA) is 48.7 Å². The highest BCUT2D eigenvalue weighted by molar-refractivity contribution is 7.11. The number of nitriles is 1. The minimum atomic E-state index is 0.703. The van der Waals surface area contributed by atoms with E-state index in [4.69, 9.17) is 5.26 Å². The highest BCUT2D eigenvalue weighted by Crippen LogP contribution is 2.13. The molecule has 0 spiro atoms. The first-order valence-corrected chi connectivity index (χ1v) is 6.77. The Morgan fingerprint density at radius 3 is 2.67 bits per heavy atom. The second-order valence-corrected chi connectivity index (χ2v) is 5.19. The van der Waals surface area contributed by atoms with Crippen molar-refractivity contribution in [1.29, 1.82) is 5.26 Å². The third kappa shape index (κ3) is 3.39. The van der Waals surface area contributed by atoms with Crippen LogP contribution in [0.3, 0.4) is 0 Å². The third-order valence-electron chi connectivity index (χ3n) is 2.62. The molecule has 0 saturated heterocycles. The molecule has 0 aliphatic carbocycles. The highest BCUT2D eigenvalue weighted by atomic mass is 32.1. The van der Waals surface area contributed by atoms with Crippen molar-refractivity contribution in [2.75, 3.05) is 0 Å². The lowest BCUT2D eigenvalue weighted by atomic mass is 10.1. The van der Waals surface area contributed by atoms with E-state index >= 15 is 0 Å². The summed E-state index contributed by atoms with van der Waals surface area (Å²) in [7, 11) is 0. The maximum atomic E-state index is 8.71. The SMILES string of the molecule is CCc1ncc(CNCc2ccc(C#N)cc2)s1. The van der Waals surface area contributed by atoms with Crippen LogP contribution in [-0.2, 0) is 19.5 Å². The van der Waals surface area contributed by atoms with E-state index < -0.39 is 0 Å². The number of benzene rings is 1. The van der Waals surface area contributed by atoms with Crippen LogP contribution in [0.1, 0.15) is 27.9 Å². The maximum Gasteiger partial charge on any atom is 0.0991 e. The van der Waals surface area contributed by atoms with Gasteiger partial charge in [-0.05, 0) is 24.1 Å². The molecule has 0 fully saturated rings. The monoisotopic (exact) mass is 257 g/mol. The Hall–Kier alpha value is -1.70. The summed E-state index contributed by atoms with van der Waals surface area (Å²) in [5.41, 5.74) is 1.89. The lowest BCUT2D eigenvalue weighted by Gasteiger charge is -2.02. The van der Waals surface area contributed by atoms with Gasteiger partial charge in [-0.25, -0.2) is 4.98 Å². The Morgan fingerprint density at radius 2 is 2.06 bits per heavy atom. The lowest BCUT2D eigenvalue weighted by Crippen LogP contribution is -2.11. The van der Waals surface area contributed by atoms with Crippen molar-refractivity contribution >= 4 is 11.3 Å². The molecule has 0 unspecified atom stereocenters. The average Bonchev–Trinajstić information content (AvgIpc) is 2.87. The number of rotatable bonds is 5. The number of aromatic nitrogens is 1. The van der Waals surface area contributed by atoms with Crippen molar-refractivity contribution in [3.8, 4) is 6.07 Å². The zero-order valence-electron chi connectivity index (χ0n) is 10.3. The van der Waals surface area contributed by atoms with E-state index in [0.29, 0.717) is 5.56 Å². The van der Waals surface area contributed by atoms with Crippen LogP contribution in [-0.4, -0.2) is 4.98 Å². The number of thiazole rings is 1. The molecule has 0 amide bonds. The van der Waals surface area contributed by atoms with Crippen molar-refractivity contribution in [2.24, 2.45) is 0 Å². The van der Waals surface area contributed by atoms with E-state index in [9.17, 15) is 0 Å². The van der Waals surface area contributed by atoms with Crippen LogP contribution in [0.4, 0.5) is 0 Å². The van der Waals surface area contributed by atoms with Gasteiger partial charge in [-0.2, -0.15) is 5.26 Å². The number of aryl methyl sites for hydroxylation is 1. The summed E-state index contributed by atoms with van der Waals surface area (Å²) in [6.45, 7) is 3.77. The zero-order valence-corrected chi connectivity index (χ0v) is 11.1. The molecular formula is C14H15N3S. The lowest BCUT2D eigenvalue weighted by molar-refractivity contribution is 0.700. The standard InChI is InChI=1S/C14H15N3S/c1-2-14-17-10-13(18-14)9-16-8-12-5-3-11(7-15)4-6-12/h3-6,10,16H,2,8-9H2,1H3. The smallest absolute Gasteiger partial charge is 0.0991 e. The van der Waals surface area contributed by atoms with E-state index in [-0.39, 0.29) is 0 Å². The highest BCUT2D eigenvalue weighted by Gasteiger charge is 2.00. The van der Waals surface area contributed by atoms with Crippen molar-refractivity contribution in [1.82, 2.24) is 10.3 Å². The van der Waals surface area contributed by atoms with Crippen LogP contribution < -0.4 is 5.32 Å². The Labute approximate surface area is 111 Å². The van der Waals surface area contributed by atoms with Crippen LogP contribution in [0.25, 0.3) is 0 Å². The fourth-order valence-electron chi connectivity index (χ4n) is 1.62. The van der Waals surface area contributed by atoms with Crippen LogP contribution in [0.5, 0.6) is 0 Å². The summed E-state index contributed by atoms with van der Waals surface area (Å²) in [5, 5.41) is 13.3. The summed E-state index contributed by atoms with van der Waals surface area (Å²) < 4.78 is 0. The first kappa shape index (κ1) is 12.7.